The van der Waals surface area contributed by atoms with Crippen LogP contribution in [-0.4, -0.2) is 50.8 Å². The highest BCUT2D eigenvalue weighted by Crippen LogP contribution is 1.81. The third kappa shape index (κ3) is 9.20. The van der Waals surface area contributed by atoms with Crippen LogP contribution < -0.4 is 11.3 Å². The topological polar surface area (TPSA) is 103 Å². The predicted octanol–water partition coefficient (Wildman–Crippen LogP) is -1.39. The first-order valence-electron chi connectivity index (χ1n) is 4.21. The van der Waals surface area contributed by atoms with Crippen LogP contribution in [0.15, 0.2) is 0 Å². The smallest absolute Gasteiger partial charge is 0.421 e. The van der Waals surface area contributed by atoms with E-state index in [-0.39, 0.29) is 19.8 Å². The molecule has 4 N–H and O–H groups in total. The molecule has 0 spiro atoms. The summed E-state index contributed by atoms with van der Waals surface area (Å²) in [6.07, 6.45) is -0.690. The molecular weight excluding hydrogens is 192 g/mol. The highest BCUT2D eigenvalue weighted by atomic mass is 16.6. The summed E-state index contributed by atoms with van der Waals surface area (Å²) < 4.78 is 14.5. The Labute approximate surface area is 82.1 Å². The second-order valence-electron chi connectivity index (χ2n) is 2.23. The SMILES string of the molecule is NNC(=O)OCCOCCOCCO. The molecular formula is C7H16N2O5. The van der Waals surface area contributed by atoms with Crippen LogP contribution in [0.1, 0.15) is 0 Å². The van der Waals surface area contributed by atoms with Crippen molar-refractivity contribution >= 4 is 6.09 Å². The first kappa shape index (κ1) is 13.1. The lowest BCUT2D eigenvalue weighted by Gasteiger charge is -2.05. The third-order valence-electron chi connectivity index (χ3n) is 1.19. The Kier molecular flexibility index (Phi) is 9.54. The summed E-state index contributed by atoms with van der Waals surface area (Å²) >= 11 is 0. The van der Waals surface area contributed by atoms with Crippen LogP contribution in [0.3, 0.4) is 0 Å². The van der Waals surface area contributed by atoms with Gasteiger partial charge in [-0.25, -0.2) is 10.6 Å². The molecule has 0 bridgehead atoms. The molecule has 0 aliphatic rings. The highest BCUT2D eigenvalue weighted by Gasteiger charge is 1.96. The Balaban J connectivity index is 2.95. The molecule has 14 heavy (non-hydrogen) atoms. The molecule has 0 radical (unpaired) electrons. The number of rotatable bonds is 8. The summed E-state index contributed by atoms with van der Waals surface area (Å²) in [4.78, 5) is 10.4. The molecule has 0 saturated carbocycles. The fraction of sp³-hybridized carbons (Fsp3) is 0.857. The van der Waals surface area contributed by atoms with Gasteiger partial charge in [0.25, 0.3) is 0 Å². The number of carbonyl (C=O) groups excluding carboxylic acids is 1. The Morgan fingerprint density at radius 2 is 1.71 bits per heavy atom. The van der Waals surface area contributed by atoms with Crippen LogP contribution in [0, 0.1) is 0 Å². The largest absolute Gasteiger partial charge is 0.446 e. The summed E-state index contributed by atoms with van der Waals surface area (Å²) in [6.45, 7) is 1.53. The molecule has 0 aromatic rings. The second kappa shape index (κ2) is 10.2. The average Bonchev–Trinajstić information content (AvgIpc) is 2.21. The molecule has 0 aliphatic heterocycles. The molecule has 0 saturated heterocycles. The van der Waals surface area contributed by atoms with Gasteiger partial charge in [-0.15, -0.1) is 0 Å². The molecule has 0 fully saturated rings. The van der Waals surface area contributed by atoms with Gasteiger partial charge in [-0.3, -0.25) is 5.43 Å². The quantitative estimate of drug-likeness (QED) is 0.196. The van der Waals surface area contributed by atoms with E-state index in [0.717, 1.165) is 0 Å². The van der Waals surface area contributed by atoms with Crippen molar-refractivity contribution in [2.45, 2.75) is 0 Å². The van der Waals surface area contributed by atoms with E-state index in [0.29, 0.717) is 19.8 Å². The standard InChI is InChI=1S/C7H16N2O5/c8-9-7(11)14-6-5-13-4-3-12-2-1-10/h10H,1-6,8H2,(H,9,11). The van der Waals surface area contributed by atoms with E-state index in [1.165, 1.54) is 0 Å². The first-order valence-corrected chi connectivity index (χ1v) is 4.21. The van der Waals surface area contributed by atoms with Crippen molar-refractivity contribution < 1.29 is 24.1 Å². The number of aliphatic hydroxyl groups excluding tert-OH is 1. The van der Waals surface area contributed by atoms with Gasteiger partial charge >= 0.3 is 6.09 Å². The predicted molar refractivity (Wildman–Crippen MR) is 47.4 cm³/mol. The minimum Gasteiger partial charge on any atom is -0.446 e. The van der Waals surface area contributed by atoms with Gasteiger partial charge in [-0.1, -0.05) is 0 Å². The Morgan fingerprint density at radius 3 is 2.29 bits per heavy atom. The molecule has 0 atom stereocenters. The van der Waals surface area contributed by atoms with E-state index < -0.39 is 6.09 Å². The lowest BCUT2D eigenvalue weighted by molar-refractivity contribution is 0.0187. The zero-order valence-electron chi connectivity index (χ0n) is 7.90. The van der Waals surface area contributed by atoms with Crippen LogP contribution in [0.5, 0.6) is 0 Å². The molecule has 0 aliphatic carbocycles. The molecule has 0 unspecified atom stereocenters. The van der Waals surface area contributed by atoms with Gasteiger partial charge in [0.15, 0.2) is 0 Å². The lowest BCUT2D eigenvalue weighted by atomic mass is 10.7. The van der Waals surface area contributed by atoms with Crippen LogP contribution in [0.4, 0.5) is 4.79 Å². The summed E-state index contributed by atoms with van der Waals surface area (Å²) in [5, 5.41) is 8.35. The van der Waals surface area contributed by atoms with Gasteiger partial charge in [0.05, 0.1) is 33.0 Å². The average molecular weight is 208 g/mol. The second-order valence-corrected chi connectivity index (χ2v) is 2.23. The van der Waals surface area contributed by atoms with Crippen molar-refractivity contribution in [3.8, 4) is 0 Å². The highest BCUT2D eigenvalue weighted by molar-refractivity contribution is 5.66. The summed E-state index contributed by atoms with van der Waals surface area (Å²) in [6, 6.07) is 0. The maximum atomic E-state index is 10.4. The maximum Gasteiger partial charge on any atom is 0.421 e. The number of ether oxygens (including phenoxy) is 3. The molecule has 0 aromatic heterocycles. The summed E-state index contributed by atoms with van der Waals surface area (Å²) in [5.41, 5.74) is 1.81. The summed E-state index contributed by atoms with van der Waals surface area (Å²) in [7, 11) is 0. The maximum absolute atomic E-state index is 10.4. The van der Waals surface area contributed by atoms with Crippen molar-refractivity contribution in [3.05, 3.63) is 0 Å². The van der Waals surface area contributed by atoms with Crippen LogP contribution >= 0.6 is 0 Å². The molecule has 84 valence electrons. The third-order valence-corrected chi connectivity index (χ3v) is 1.19. The van der Waals surface area contributed by atoms with Gasteiger partial charge in [0.2, 0.25) is 0 Å². The normalized spacial score (nSPS) is 9.86. The van der Waals surface area contributed by atoms with E-state index in [2.05, 4.69) is 4.74 Å². The number of nitrogens with two attached hydrogens (primary N) is 1. The van der Waals surface area contributed by atoms with E-state index >= 15 is 0 Å². The number of hydrogen-bond acceptors (Lipinski definition) is 6. The molecule has 7 nitrogen and oxygen atoms in total. The zero-order valence-corrected chi connectivity index (χ0v) is 7.90. The number of amides is 1. The number of hydrogen-bond donors (Lipinski definition) is 3. The van der Waals surface area contributed by atoms with Crippen LogP contribution in [-0.2, 0) is 14.2 Å². The van der Waals surface area contributed by atoms with Gasteiger partial charge < -0.3 is 19.3 Å². The van der Waals surface area contributed by atoms with E-state index in [4.69, 9.17) is 20.4 Å². The molecule has 1 amide bonds. The Morgan fingerprint density at radius 1 is 1.14 bits per heavy atom. The van der Waals surface area contributed by atoms with Gasteiger partial charge in [0, 0.05) is 0 Å². The van der Waals surface area contributed by atoms with Gasteiger partial charge in [-0.2, -0.15) is 0 Å². The summed E-state index contributed by atoms with van der Waals surface area (Å²) in [5.74, 6) is 4.76. The van der Waals surface area contributed by atoms with Crippen LogP contribution in [0.2, 0.25) is 0 Å². The van der Waals surface area contributed by atoms with Gasteiger partial charge in [-0.05, 0) is 0 Å². The Bertz CT molecular complexity index is 144. The minimum absolute atomic E-state index is 0.000216. The molecule has 0 aromatic carbocycles. The number of aliphatic hydroxyl groups is 1. The zero-order chi connectivity index (χ0) is 10.6. The lowest BCUT2D eigenvalue weighted by Crippen LogP contribution is -2.31. The van der Waals surface area contributed by atoms with Crippen molar-refractivity contribution in [1.29, 1.82) is 0 Å². The van der Waals surface area contributed by atoms with E-state index in [1.807, 2.05) is 5.43 Å². The fourth-order valence-corrected chi connectivity index (χ4v) is 0.621. The fourth-order valence-electron chi connectivity index (χ4n) is 0.621. The molecule has 0 heterocycles. The van der Waals surface area contributed by atoms with Crippen molar-refractivity contribution in [2.24, 2.45) is 5.84 Å². The van der Waals surface area contributed by atoms with Crippen molar-refractivity contribution in [1.82, 2.24) is 5.43 Å². The number of carbonyl (C=O) groups is 1. The number of nitrogens with one attached hydrogen (secondary N) is 1. The Hall–Kier alpha value is -0.890. The van der Waals surface area contributed by atoms with Crippen molar-refractivity contribution in [2.75, 3.05) is 39.6 Å². The van der Waals surface area contributed by atoms with Crippen molar-refractivity contribution in [3.63, 3.8) is 0 Å². The van der Waals surface area contributed by atoms with Crippen LogP contribution in [0.25, 0.3) is 0 Å². The monoisotopic (exact) mass is 208 g/mol. The van der Waals surface area contributed by atoms with E-state index in [1.54, 1.807) is 0 Å². The molecule has 7 heteroatoms. The van der Waals surface area contributed by atoms with E-state index in [9.17, 15) is 4.79 Å². The van der Waals surface area contributed by atoms with Gasteiger partial charge in [0.1, 0.15) is 6.61 Å². The molecule has 0 rings (SSSR count). The number of hydrazine groups is 1. The first-order chi connectivity index (χ1) is 6.81. The minimum atomic E-state index is -0.690.